The van der Waals surface area contributed by atoms with Gasteiger partial charge in [0, 0.05) is 25.6 Å². The lowest BCUT2D eigenvalue weighted by molar-refractivity contribution is -0.137. The highest BCUT2D eigenvalue weighted by molar-refractivity contribution is 5.79. The predicted molar refractivity (Wildman–Crippen MR) is 89.2 cm³/mol. The molecule has 0 bridgehead atoms. The maximum atomic E-state index is 12.6. The number of hydrogen-bond acceptors (Lipinski definition) is 5. The number of amides is 1. The molecular formula is C18H28N4O2. The Morgan fingerprint density at radius 2 is 1.96 bits per heavy atom. The van der Waals surface area contributed by atoms with Crippen molar-refractivity contribution in [2.45, 2.75) is 57.9 Å². The van der Waals surface area contributed by atoms with Crippen LogP contribution in [0.25, 0.3) is 0 Å². The van der Waals surface area contributed by atoms with Crippen molar-refractivity contribution in [2.75, 3.05) is 26.7 Å². The minimum Gasteiger partial charge on any atom is -0.342 e. The predicted octanol–water partition coefficient (Wildman–Crippen LogP) is 2.55. The van der Waals surface area contributed by atoms with Crippen LogP contribution in [0.3, 0.4) is 0 Å². The van der Waals surface area contributed by atoms with Crippen LogP contribution in [-0.2, 0) is 4.79 Å². The molecule has 1 aromatic rings. The van der Waals surface area contributed by atoms with E-state index in [1.165, 1.54) is 12.8 Å². The van der Waals surface area contributed by atoms with Crippen LogP contribution in [0, 0.1) is 18.3 Å². The summed E-state index contributed by atoms with van der Waals surface area (Å²) < 4.78 is 5.41. The SMILES string of the molecule is Cc1noc(C2CC3(CCN(C(=O)C4CCCC4)CC3)CN2C)n1. The van der Waals surface area contributed by atoms with Gasteiger partial charge in [0.2, 0.25) is 11.8 Å². The molecule has 132 valence electrons. The van der Waals surface area contributed by atoms with Crippen molar-refractivity contribution in [2.24, 2.45) is 11.3 Å². The number of carbonyl (C=O) groups is 1. The Morgan fingerprint density at radius 3 is 2.58 bits per heavy atom. The maximum Gasteiger partial charge on any atom is 0.243 e. The maximum absolute atomic E-state index is 12.6. The summed E-state index contributed by atoms with van der Waals surface area (Å²) in [6.07, 6.45) is 7.91. The molecule has 0 radical (unpaired) electrons. The van der Waals surface area contributed by atoms with Gasteiger partial charge in [-0.15, -0.1) is 0 Å². The summed E-state index contributed by atoms with van der Waals surface area (Å²) in [6, 6.07) is 0.225. The molecule has 3 fully saturated rings. The quantitative estimate of drug-likeness (QED) is 0.833. The van der Waals surface area contributed by atoms with Crippen molar-refractivity contribution in [3.8, 4) is 0 Å². The second-order valence-corrected chi connectivity index (χ2v) is 8.12. The Bertz CT molecular complexity index is 600. The lowest BCUT2D eigenvalue weighted by Crippen LogP contribution is -2.45. The number of hydrogen-bond donors (Lipinski definition) is 0. The van der Waals surface area contributed by atoms with E-state index < -0.39 is 0 Å². The van der Waals surface area contributed by atoms with Crippen molar-refractivity contribution in [3.05, 3.63) is 11.7 Å². The smallest absolute Gasteiger partial charge is 0.243 e. The molecule has 1 unspecified atom stereocenters. The molecule has 3 aliphatic rings. The fraction of sp³-hybridized carbons (Fsp3) is 0.833. The van der Waals surface area contributed by atoms with Crippen LogP contribution in [0.1, 0.15) is 62.7 Å². The van der Waals surface area contributed by atoms with E-state index in [0.717, 1.165) is 57.6 Å². The van der Waals surface area contributed by atoms with E-state index in [1.807, 2.05) is 6.92 Å². The summed E-state index contributed by atoms with van der Waals surface area (Å²) in [4.78, 5) is 21.6. The van der Waals surface area contributed by atoms with Gasteiger partial charge in [-0.1, -0.05) is 18.0 Å². The van der Waals surface area contributed by atoms with Gasteiger partial charge >= 0.3 is 0 Å². The first-order valence-corrected chi connectivity index (χ1v) is 9.36. The Balaban J connectivity index is 1.39. The number of aromatic nitrogens is 2. The van der Waals surface area contributed by atoms with E-state index >= 15 is 0 Å². The van der Waals surface area contributed by atoms with Crippen molar-refractivity contribution >= 4 is 5.91 Å². The Labute approximate surface area is 143 Å². The van der Waals surface area contributed by atoms with E-state index in [9.17, 15) is 4.79 Å². The number of nitrogens with zero attached hydrogens (tertiary/aromatic N) is 4. The van der Waals surface area contributed by atoms with E-state index in [-0.39, 0.29) is 6.04 Å². The summed E-state index contributed by atoms with van der Waals surface area (Å²) in [5.41, 5.74) is 0.300. The van der Waals surface area contributed by atoms with Gasteiger partial charge in [-0.2, -0.15) is 4.98 Å². The molecule has 1 amide bonds. The van der Waals surface area contributed by atoms with Crippen LogP contribution in [-0.4, -0.2) is 52.5 Å². The van der Waals surface area contributed by atoms with Gasteiger partial charge in [0.05, 0.1) is 6.04 Å². The molecule has 1 aromatic heterocycles. The highest BCUT2D eigenvalue weighted by atomic mass is 16.5. The van der Waals surface area contributed by atoms with Crippen LogP contribution < -0.4 is 0 Å². The standard InChI is InChI=1S/C18H28N4O2/c1-13-19-16(24-20-13)15-11-18(12-21(15)2)7-9-22(10-8-18)17(23)14-5-3-4-6-14/h14-15H,3-12H2,1-2H3. The molecule has 1 spiro atoms. The zero-order valence-electron chi connectivity index (χ0n) is 14.8. The molecular weight excluding hydrogens is 304 g/mol. The van der Waals surface area contributed by atoms with Crippen LogP contribution in [0.5, 0.6) is 0 Å². The van der Waals surface area contributed by atoms with Gasteiger partial charge in [0.1, 0.15) is 0 Å². The Morgan fingerprint density at radius 1 is 1.25 bits per heavy atom. The number of aryl methyl sites for hydroxylation is 1. The van der Waals surface area contributed by atoms with Gasteiger partial charge in [-0.3, -0.25) is 9.69 Å². The Kier molecular flexibility index (Phi) is 4.11. The van der Waals surface area contributed by atoms with Crippen molar-refractivity contribution in [1.82, 2.24) is 19.9 Å². The first-order valence-electron chi connectivity index (χ1n) is 9.36. The molecule has 6 nitrogen and oxygen atoms in total. The average molecular weight is 332 g/mol. The highest BCUT2D eigenvalue weighted by Gasteiger charge is 2.47. The van der Waals surface area contributed by atoms with Crippen molar-refractivity contribution in [1.29, 1.82) is 0 Å². The van der Waals surface area contributed by atoms with E-state index in [1.54, 1.807) is 0 Å². The third-order valence-electron chi connectivity index (χ3n) is 6.41. The minimum atomic E-state index is 0.225. The molecule has 3 heterocycles. The molecule has 1 atom stereocenters. The summed E-state index contributed by atoms with van der Waals surface area (Å²) in [7, 11) is 2.15. The van der Waals surface area contributed by atoms with Gasteiger partial charge in [-0.25, -0.2) is 0 Å². The zero-order valence-corrected chi connectivity index (χ0v) is 14.8. The summed E-state index contributed by atoms with van der Waals surface area (Å²) in [5.74, 6) is 2.17. The monoisotopic (exact) mass is 332 g/mol. The highest BCUT2D eigenvalue weighted by Crippen LogP contribution is 2.48. The van der Waals surface area contributed by atoms with Crippen LogP contribution in [0.2, 0.25) is 0 Å². The second kappa shape index (κ2) is 6.14. The first kappa shape index (κ1) is 16.1. The molecule has 24 heavy (non-hydrogen) atoms. The summed E-state index contributed by atoms with van der Waals surface area (Å²) >= 11 is 0. The van der Waals surface area contributed by atoms with E-state index in [4.69, 9.17) is 4.52 Å². The fourth-order valence-corrected chi connectivity index (χ4v) is 4.99. The molecule has 6 heteroatoms. The third kappa shape index (κ3) is 2.85. The number of rotatable bonds is 2. The zero-order chi connectivity index (χ0) is 16.7. The number of carbonyl (C=O) groups excluding carboxylic acids is 1. The van der Waals surface area contributed by atoms with Gasteiger partial charge in [0.15, 0.2) is 5.82 Å². The van der Waals surface area contributed by atoms with Gasteiger partial charge in [0.25, 0.3) is 0 Å². The topological polar surface area (TPSA) is 62.5 Å². The van der Waals surface area contributed by atoms with Crippen LogP contribution >= 0.6 is 0 Å². The Hall–Kier alpha value is -1.43. The van der Waals surface area contributed by atoms with E-state index in [0.29, 0.717) is 23.1 Å². The van der Waals surface area contributed by atoms with Crippen LogP contribution in [0.15, 0.2) is 4.52 Å². The number of piperidine rings is 1. The molecule has 4 rings (SSSR count). The summed E-state index contributed by atoms with van der Waals surface area (Å²) in [6.45, 7) is 4.76. The molecule has 2 aliphatic heterocycles. The lowest BCUT2D eigenvalue weighted by Gasteiger charge is -2.40. The molecule has 2 saturated heterocycles. The third-order valence-corrected chi connectivity index (χ3v) is 6.41. The van der Waals surface area contributed by atoms with Crippen molar-refractivity contribution < 1.29 is 9.32 Å². The normalized spacial score (nSPS) is 28.1. The fourth-order valence-electron chi connectivity index (χ4n) is 4.99. The van der Waals surface area contributed by atoms with Gasteiger partial charge in [-0.05, 0) is 51.5 Å². The lowest BCUT2D eigenvalue weighted by atomic mass is 9.76. The van der Waals surface area contributed by atoms with Crippen LogP contribution in [0.4, 0.5) is 0 Å². The molecule has 0 aromatic carbocycles. The van der Waals surface area contributed by atoms with Gasteiger partial charge < -0.3 is 9.42 Å². The summed E-state index contributed by atoms with van der Waals surface area (Å²) in [5, 5.41) is 3.94. The molecule has 1 saturated carbocycles. The molecule has 1 aliphatic carbocycles. The van der Waals surface area contributed by atoms with E-state index in [2.05, 4.69) is 27.0 Å². The number of likely N-dealkylation sites (tertiary alicyclic amines) is 2. The largest absolute Gasteiger partial charge is 0.342 e. The minimum absolute atomic E-state index is 0.225. The first-order chi connectivity index (χ1) is 11.6. The molecule has 0 N–H and O–H groups in total. The van der Waals surface area contributed by atoms with Crippen molar-refractivity contribution in [3.63, 3.8) is 0 Å². The average Bonchev–Trinajstić information content (AvgIpc) is 3.29. The second-order valence-electron chi connectivity index (χ2n) is 8.12.